The second-order valence-corrected chi connectivity index (χ2v) is 7.29. The van der Waals surface area contributed by atoms with Crippen LogP contribution in [0.4, 0.5) is 17.2 Å². The number of piperazine rings is 1. The predicted octanol–water partition coefficient (Wildman–Crippen LogP) is 2.77. The van der Waals surface area contributed by atoms with Crippen molar-refractivity contribution in [1.82, 2.24) is 9.88 Å². The minimum Gasteiger partial charge on any atom is -0.440 e. The third-order valence-corrected chi connectivity index (χ3v) is 4.96. The Morgan fingerprint density at radius 1 is 1.12 bits per heavy atom. The van der Waals surface area contributed by atoms with Gasteiger partial charge in [-0.15, -0.1) is 5.10 Å². The van der Waals surface area contributed by atoms with Crippen molar-refractivity contribution >= 4 is 39.1 Å². The summed E-state index contributed by atoms with van der Waals surface area (Å²) in [7, 11) is 2.15. The van der Waals surface area contributed by atoms with Crippen LogP contribution in [-0.2, 0) is 4.74 Å². The number of likely N-dealkylation sites (N-methyl/N-ethyl adjacent to an activating group) is 1. The van der Waals surface area contributed by atoms with Crippen LogP contribution in [0.25, 0.3) is 0 Å². The van der Waals surface area contributed by atoms with Crippen LogP contribution in [0.2, 0.25) is 0 Å². The highest BCUT2D eigenvalue weighted by Crippen LogP contribution is 2.22. The third kappa shape index (κ3) is 3.91. The van der Waals surface area contributed by atoms with Gasteiger partial charge in [0.15, 0.2) is 6.73 Å². The molecule has 0 aliphatic carbocycles. The van der Waals surface area contributed by atoms with Gasteiger partial charge in [-0.25, -0.2) is 9.99 Å². The summed E-state index contributed by atoms with van der Waals surface area (Å²) in [6.45, 7) is 4.52. The van der Waals surface area contributed by atoms with Crippen LogP contribution in [-0.4, -0.2) is 55.9 Å². The van der Waals surface area contributed by atoms with Crippen molar-refractivity contribution in [3.05, 3.63) is 47.1 Å². The summed E-state index contributed by atoms with van der Waals surface area (Å²) in [5, 5.41) is 9.44. The highest BCUT2D eigenvalue weighted by Gasteiger charge is 2.19. The van der Waals surface area contributed by atoms with E-state index < -0.39 is 0 Å². The Balaban J connectivity index is 1.41. The van der Waals surface area contributed by atoms with Gasteiger partial charge in [-0.2, -0.15) is 0 Å². The van der Waals surface area contributed by atoms with E-state index in [0.29, 0.717) is 12.8 Å². The van der Waals surface area contributed by atoms with Crippen molar-refractivity contribution in [2.75, 3.05) is 55.2 Å². The highest BCUT2D eigenvalue weighted by atomic mass is 79.9. The number of ether oxygens (including phenoxy) is 1. The molecule has 2 aliphatic heterocycles. The van der Waals surface area contributed by atoms with Gasteiger partial charge in [-0.05, 0) is 37.4 Å². The molecule has 0 unspecified atom stereocenters. The van der Waals surface area contributed by atoms with Gasteiger partial charge in [0.25, 0.3) is 0 Å². The maximum absolute atomic E-state index is 5.63. The number of pyridine rings is 1. The normalized spacial score (nSPS) is 17.8. The van der Waals surface area contributed by atoms with Gasteiger partial charge in [0, 0.05) is 36.3 Å². The van der Waals surface area contributed by atoms with Crippen molar-refractivity contribution in [1.29, 1.82) is 0 Å². The van der Waals surface area contributed by atoms with Crippen LogP contribution < -0.4 is 15.2 Å². The smallest absolute Gasteiger partial charge is 0.313 e. The first-order valence-corrected chi connectivity index (χ1v) is 9.38. The lowest BCUT2D eigenvalue weighted by atomic mass is 10.3. The number of nitrogens with one attached hydrogen (secondary N) is 1. The molecule has 0 radical (unpaired) electrons. The molecule has 1 saturated heterocycles. The number of benzene rings is 1. The molecule has 136 valence electrons. The quantitative estimate of drug-likeness (QED) is 0.829. The minimum atomic E-state index is 0.367. The molecule has 3 heterocycles. The number of anilines is 3. The molecule has 1 fully saturated rings. The number of hydrogen-bond donors (Lipinski definition) is 1. The van der Waals surface area contributed by atoms with E-state index in [-0.39, 0.29) is 0 Å². The van der Waals surface area contributed by atoms with Gasteiger partial charge < -0.3 is 19.9 Å². The summed E-state index contributed by atoms with van der Waals surface area (Å²) in [6.07, 6.45) is 1.85. The summed E-state index contributed by atoms with van der Waals surface area (Å²) in [6, 6.07) is 12.4. The molecule has 0 atom stereocenters. The molecule has 2 aliphatic rings. The van der Waals surface area contributed by atoms with E-state index in [1.165, 1.54) is 0 Å². The molecular weight excluding hydrogens is 396 g/mol. The Morgan fingerprint density at radius 3 is 2.69 bits per heavy atom. The topological polar surface area (TPSA) is 56.2 Å². The van der Waals surface area contributed by atoms with Crippen LogP contribution in [0.3, 0.4) is 0 Å². The summed E-state index contributed by atoms with van der Waals surface area (Å²) >= 11 is 3.46. The molecule has 0 spiro atoms. The average molecular weight is 417 g/mol. The Kier molecular flexibility index (Phi) is 4.94. The number of hydrogen-bond acceptors (Lipinski definition) is 7. The fraction of sp³-hybridized carbons (Fsp3) is 0.333. The monoisotopic (exact) mass is 416 g/mol. The molecular formula is C18H21BrN6O. The standard InChI is InChI=1S/C18H21BrN6O/c1-23-7-9-24(10-8-23)17-6-5-16(12-20-17)25-13-26-18(22-25)21-15-4-2-3-14(19)11-15/h2-6,11-12H,7-10,13H2,1H3,(H,21,22). The van der Waals surface area contributed by atoms with E-state index in [4.69, 9.17) is 4.74 Å². The summed E-state index contributed by atoms with van der Waals surface area (Å²) in [5.74, 6) is 1.01. The van der Waals surface area contributed by atoms with Crippen LogP contribution >= 0.6 is 15.9 Å². The maximum atomic E-state index is 5.63. The molecule has 0 saturated carbocycles. The third-order valence-electron chi connectivity index (χ3n) is 4.47. The van der Waals surface area contributed by atoms with Gasteiger partial charge in [0.05, 0.1) is 11.9 Å². The zero-order chi connectivity index (χ0) is 17.9. The first kappa shape index (κ1) is 17.1. The summed E-state index contributed by atoms with van der Waals surface area (Å²) < 4.78 is 6.63. The van der Waals surface area contributed by atoms with Crippen molar-refractivity contribution in [2.45, 2.75) is 0 Å². The second-order valence-electron chi connectivity index (χ2n) is 6.38. The van der Waals surface area contributed by atoms with Gasteiger partial charge in [0.2, 0.25) is 0 Å². The summed E-state index contributed by atoms with van der Waals surface area (Å²) in [4.78, 5) is 9.25. The molecule has 1 aromatic heterocycles. The molecule has 8 heteroatoms. The van der Waals surface area contributed by atoms with E-state index in [1.807, 2.05) is 36.5 Å². The first-order valence-electron chi connectivity index (χ1n) is 8.58. The number of nitrogens with zero attached hydrogens (tertiary/aromatic N) is 5. The van der Waals surface area contributed by atoms with Gasteiger partial charge in [-0.3, -0.25) is 0 Å². The number of amidine groups is 1. The number of halogens is 1. The van der Waals surface area contributed by atoms with Crippen molar-refractivity contribution in [3.8, 4) is 0 Å². The van der Waals surface area contributed by atoms with E-state index in [1.54, 1.807) is 5.01 Å². The molecule has 0 bridgehead atoms. The molecule has 2 aromatic rings. The van der Waals surface area contributed by atoms with Crippen LogP contribution in [0.1, 0.15) is 0 Å². The Hall–Kier alpha value is -2.32. The van der Waals surface area contributed by atoms with Gasteiger partial charge in [-0.1, -0.05) is 22.0 Å². The second kappa shape index (κ2) is 7.51. The van der Waals surface area contributed by atoms with Crippen LogP contribution in [0, 0.1) is 0 Å². The average Bonchev–Trinajstić information content (AvgIpc) is 3.11. The number of rotatable bonds is 3. The van der Waals surface area contributed by atoms with Crippen molar-refractivity contribution in [3.63, 3.8) is 0 Å². The lowest BCUT2D eigenvalue weighted by Gasteiger charge is -2.33. The van der Waals surface area contributed by atoms with E-state index in [9.17, 15) is 0 Å². The molecule has 0 amide bonds. The van der Waals surface area contributed by atoms with Crippen LogP contribution in [0.5, 0.6) is 0 Å². The lowest BCUT2D eigenvalue weighted by molar-refractivity contribution is 0.312. The number of aromatic nitrogens is 1. The number of hydrazone groups is 1. The first-order chi connectivity index (χ1) is 12.7. The largest absolute Gasteiger partial charge is 0.440 e. The van der Waals surface area contributed by atoms with Gasteiger partial charge >= 0.3 is 6.02 Å². The van der Waals surface area contributed by atoms with Gasteiger partial charge in [0.1, 0.15) is 5.82 Å². The van der Waals surface area contributed by atoms with E-state index >= 15 is 0 Å². The maximum Gasteiger partial charge on any atom is 0.313 e. The van der Waals surface area contributed by atoms with E-state index in [2.05, 4.69) is 54.2 Å². The molecule has 4 rings (SSSR count). The van der Waals surface area contributed by atoms with Crippen molar-refractivity contribution in [2.24, 2.45) is 5.10 Å². The van der Waals surface area contributed by atoms with E-state index in [0.717, 1.165) is 47.8 Å². The Labute approximate surface area is 161 Å². The Morgan fingerprint density at radius 2 is 1.96 bits per heavy atom. The highest BCUT2D eigenvalue weighted by molar-refractivity contribution is 9.10. The minimum absolute atomic E-state index is 0.367. The molecule has 1 aromatic carbocycles. The molecule has 1 N–H and O–H groups in total. The molecule has 26 heavy (non-hydrogen) atoms. The van der Waals surface area contributed by atoms with Crippen LogP contribution in [0.15, 0.2) is 52.2 Å². The summed E-state index contributed by atoms with van der Waals surface area (Å²) in [5.41, 5.74) is 1.83. The molecule has 7 nitrogen and oxygen atoms in total. The predicted molar refractivity (Wildman–Crippen MR) is 108 cm³/mol. The lowest BCUT2D eigenvalue weighted by Crippen LogP contribution is -2.44. The fourth-order valence-electron chi connectivity index (χ4n) is 2.93. The Bertz CT molecular complexity index is 789. The zero-order valence-electron chi connectivity index (χ0n) is 14.6. The zero-order valence-corrected chi connectivity index (χ0v) is 16.2. The SMILES string of the molecule is CN1CCN(c2ccc(N3COC(Nc4cccc(Br)c4)=N3)cn2)CC1. The van der Waals surface area contributed by atoms with Crippen molar-refractivity contribution < 1.29 is 4.74 Å². The fourth-order valence-corrected chi connectivity index (χ4v) is 3.33.